The maximum Gasteiger partial charge on any atom is 0.306 e. The number of esters is 2. The van der Waals surface area contributed by atoms with Crippen molar-refractivity contribution in [2.24, 2.45) is 0 Å². The van der Waals surface area contributed by atoms with Gasteiger partial charge in [-0.15, -0.1) is 0 Å². The van der Waals surface area contributed by atoms with E-state index < -0.39 is 18.1 Å². The number of likely N-dealkylation sites (N-methyl/N-ethyl adjacent to an activating group) is 1. The number of rotatable bonds is 39. The number of unbranched alkanes of at least 4 members (excludes halogenated alkanes) is 17. The number of carbonyl (C=O) groups is 3. The van der Waals surface area contributed by atoms with E-state index in [1.165, 1.54) is 77.0 Å². The van der Waals surface area contributed by atoms with Gasteiger partial charge in [-0.1, -0.05) is 159 Å². The van der Waals surface area contributed by atoms with Crippen LogP contribution in [-0.4, -0.2) is 75.5 Å². The quantitative estimate of drug-likeness (QED) is 0.0265. The lowest BCUT2D eigenvalue weighted by Gasteiger charge is -2.34. The Morgan fingerprint density at radius 3 is 1.51 bits per heavy atom. The second kappa shape index (κ2) is 38.2. The molecule has 55 heavy (non-hydrogen) atoms. The van der Waals surface area contributed by atoms with Crippen LogP contribution in [0.25, 0.3) is 0 Å². The minimum absolute atomic E-state index is 0.0382. The van der Waals surface area contributed by atoms with E-state index in [0.29, 0.717) is 12.8 Å². The molecule has 2 atom stereocenters. The van der Waals surface area contributed by atoms with Gasteiger partial charge in [-0.25, -0.2) is 0 Å². The minimum Gasteiger partial charge on any atom is -0.544 e. The summed E-state index contributed by atoms with van der Waals surface area (Å²) in [7, 11) is 5.40. The van der Waals surface area contributed by atoms with Gasteiger partial charge < -0.3 is 28.6 Å². The molecular weight excluding hydrogens is 691 g/mol. The average Bonchev–Trinajstić information content (AvgIpc) is 3.14. The van der Waals surface area contributed by atoms with Crippen LogP contribution in [0.15, 0.2) is 48.6 Å². The summed E-state index contributed by atoms with van der Waals surface area (Å²) in [6.07, 6.45) is 44.2. The van der Waals surface area contributed by atoms with E-state index in [0.717, 1.165) is 70.6 Å². The molecule has 0 aromatic rings. The molecule has 0 amide bonds. The summed E-state index contributed by atoms with van der Waals surface area (Å²) in [4.78, 5) is 36.8. The number of carbonyl (C=O) groups excluding carboxylic acids is 3. The fraction of sp³-hybridized carbons (Fsp3) is 0.766. The van der Waals surface area contributed by atoms with E-state index in [1.807, 2.05) is 0 Å². The van der Waals surface area contributed by atoms with E-state index in [9.17, 15) is 19.5 Å². The van der Waals surface area contributed by atoms with Crippen molar-refractivity contribution in [2.75, 3.05) is 41.0 Å². The van der Waals surface area contributed by atoms with Gasteiger partial charge in [0, 0.05) is 19.3 Å². The van der Waals surface area contributed by atoms with Crippen molar-refractivity contribution in [1.29, 1.82) is 0 Å². The molecule has 0 rings (SSSR count). The Kier molecular flexibility index (Phi) is 36.3. The molecule has 0 aliphatic heterocycles. The molecule has 0 spiro atoms. The Morgan fingerprint density at radius 1 is 0.564 bits per heavy atom. The van der Waals surface area contributed by atoms with Crippen molar-refractivity contribution in [3.05, 3.63) is 48.6 Å². The Bertz CT molecular complexity index is 1040. The summed E-state index contributed by atoms with van der Waals surface area (Å²) in [6, 6.07) is -0.726. The van der Waals surface area contributed by atoms with Crippen LogP contribution in [0.5, 0.6) is 0 Å². The molecule has 2 unspecified atom stereocenters. The van der Waals surface area contributed by atoms with Crippen molar-refractivity contribution < 1.29 is 38.2 Å². The molecule has 0 aromatic carbocycles. The molecule has 0 aliphatic rings. The van der Waals surface area contributed by atoms with Crippen molar-refractivity contribution in [3.63, 3.8) is 0 Å². The zero-order chi connectivity index (χ0) is 40.7. The lowest BCUT2D eigenvalue weighted by atomic mass is 10.1. The van der Waals surface area contributed by atoms with Crippen LogP contribution in [0.4, 0.5) is 0 Å². The Hall–Kier alpha value is -2.71. The van der Waals surface area contributed by atoms with Crippen LogP contribution in [0, 0.1) is 0 Å². The van der Waals surface area contributed by atoms with Gasteiger partial charge in [-0.3, -0.25) is 9.59 Å². The maximum atomic E-state index is 12.7. The lowest BCUT2D eigenvalue weighted by Crippen LogP contribution is -2.55. The molecule has 0 aromatic heterocycles. The monoisotopic (exact) mass is 774 g/mol. The highest BCUT2D eigenvalue weighted by atomic mass is 16.6. The predicted molar refractivity (Wildman–Crippen MR) is 226 cm³/mol. The normalized spacial score (nSPS) is 13.4. The third-order valence-corrected chi connectivity index (χ3v) is 9.73. The number of ether oxygens (including phenoxy) is 3. The highest BCUT2D eigenvalue weighted by molar-refractivity contribution is 5.70. The smallest absolute Gasteiger partial charge is 0.306 e. The first-order valence-electron chi connectivity index (χ1n) is 22.2. The Labute approximate surface area is 337 Å². The number of hydrogen-bond donors (Lipinski definition) is 0. The van der Waals surface area contributed by atoms with E-state index in [2.05, 4.69) is 62.5 Å². The first kappa shape index (κ1) is 52.3. The molecule has 0 saturated carbocycles. The van der Waals surface area contributed by atoms with Gasteiger partial charge in [-0.2, -0.15) is 0 Å². The fourth-order valence-electron chi connectivity index (χ4n) is 6.30. The maximum absolute atomic E-state index is 12.7. The second-order valence-electron chi connectivity index (χ2n) is 15.9. The van der Waals surface area contributed by atoms with Crippen LogP contribution < -0.4 is 5.11 Å². The summed E-state index contributed by atoms with van der Waals surface area (Å²) >= 11 is 0. The third kappa shape index (κ3) is 36.7. The van der Waals surface area contributed by atoms with Crippen LogP contribution in [0.1, 0.15) is 181 Å². The first-order valence-corrected chi connectivity index (χ1v) is 22.2. The summed E-state index contributed by atoms with van der Waals surface area (Å²) in [6.45, 7) is 4.53. The Balaban J connectivity index is 4.30. The van der Waals surface area contributed by atoms with Crippen molar-refractivity contribution >= 4 is 17.9 Å². The van der Waals surface area contributed by atoms with Gasteiger partial charge in [0.1, 0.15) is 12.6 Å². The van der Waals surface area contributed by atoms with Crippen LogP contribution in [-0.2, 0) is 28.6 Å². The zero-order valence-corrected chi connectivity index (χ0v) is 36.1. The molecule has 0 radical (unpaired) electrons. The average molecular weight is 774 g/mol. The highest BCUT2D eigenvalue weighted by Crippen LogP contribution is 2.14. The molecule has 0 saturated heterocycles. The number of quaternary nitrogens is 1. The van der Waals surface area contributed by atoms with Crippen LogP contribution >= 0.6 is 0 Å². The largest absolute Gasteiger partial charge is 0.544 e. The van der Waals surface area contributed by atoms with Gasteiger partial charge in [0.2, 0.25) is 0 Å². The van der Waals surface area contributed by atoms with Crippen LogP contribution in [0.3, 0.4) is 0 Å². The number of allylic oxidation sites excluding steroid dienone is 8. The molecule has 0 aliphatic carbocycles. The standard InChI is InChI=1S/C47H83NO7/c1-6-8-10-12-14-16-18-19-20-21-22-23-24-25-26-28-29-31-33-35-37-45(49)54-42-43(41-53-40-39-44(47(51)52)48(3,4)5)55-46(50)38-36-34-32-30-27-17-15-13-11-9-7-2/h8,10,14,16,19-20,22-23,43-44H,6-7,9,11-13,15,17-18,21,24-42H2,1-5H3/b10-8+,16-14+,20-19+,23-22+. The number of aliphatic carboxylic acids is 1. The van der Waals surface area contributed by atoms with E-state index in [4.69, 9.17) is 14.2 Å². The van der Waals surface area contributed by atoms with Gasteiger partial charge in [0.25, 0.3) is 0 Å². The third-order valence-electron chi connectivity index (χ3n) is 9.73. The highest BCUT2D eigenvalue weighted by Gasteiger charge is 2.25. The number of carboxylic acids is 1. The summed E-state index contributed by atoms with van der Waals surface area (Å²) in [5.41, 5.74) is 0. The van der Waals surface area contributed by atoms with Gasteiger partial charge >= 0.3 is 11.9 Å². The SMILES string of the molecule is CC/C=C/C/C=C/C/C=C/C/C=C/CCCCCCCCCC(=O)OCC(COCCC(C(=O)[O-])[N+](C)(C)C)OC(=O)CCCCCCCCCCCCC. The molecule has 8 nitrogen and oxygen atoms in total. The molecule has 0 heterocycles. The van der Waals surface area contributed by atoms with E-state index in [1.54, 1.807) is 21.1 Å². The number of hydrogen-bond acceptors (Lipinski definition) is 7. The summed E-state index contributed by atoms with van der Waals surface area (Å²) in [5.74, 6) is -1.75. The molecule has 0 bridgehead atoms. The van der Waals surface area contributed by atoms with Crippen molar-refractivity contribution in [1.82, 2.24) is 0 Å². The molecule has 318 valence electrons. The number of carboxylic acid groups (broad SMARTS) is 1. The number of nitrogens with zero attached hydrogens (tertiary/aromatic N) is 1. The lowest BCUT2D eigenvalue weighted by molar-refractivity contribution is -0.889. The molecular formula is C47H83NO7. The summed E-state index contributed by atoms with van der Waals surface area (Å²) < 4.78 is 17.1. The van der Waals surface area contributed by atoms with Crippen LogP contribution in [0.2, 0.25) is 0 Å². The molecule has 8 heteroatoms. The second-order valence-corrected chi connectivity index (χ2v) is 15.9. The van der Waals surface area contributed by atoms with Gasteiger partial charge in [-0.05, 0) is 51.4 Å². The van der Waals surface area contributed by atoms with Gasteiger partial charge in [0.15, 0.2) is 6.10 Å². The van der Waals surface area contributed by atoms with E-state index >= 15 is 0 Å². The first-order chi connectivity index (χ1) is 26.6. The Morgan fingerprint density at radius 2 is 1.02 bits per heavy atom. The molecule has 0 fully saturated rings. The molecule has 0 N–H and O–H groups in total. The van der Waals surface area contributed by atoms with Gasteiger partial charge in [0.05, 0.1) is 40.3 Å². The predicted octanol–water partition coefficient (Wildman–Crippen LogP) is 10.7. The zero-order valence-electron chi connectivity index (χ0n) is 36.1. The fourth-order valence-corrected chi connectivity index (χ4v) is 6.30. The van der Waals surface area contributed by atoms with Crippen molar-refractivity contribution in [3.8, 4) is 0 Å². The summed E-state index contributed by atoms with van der Waals surface area (Å²) in [5, 5.41) is 11.6. The van der Waals surface area contributed by atoms with E-state index in [-0.39, 0.29) is 42.7 Å². The minimum atomic E-state index is -1.13. The topological polar surface area (TPSA) is 102 Å². The van der Waals surface area contributed by atoms with Crippen molar-refractivity contribution in [2.45, 2.75) is 193 Å².